The molecule has 2 rings (SSSR count). The summed E-state index contributed by atoms with van der Waals surface area (Å²) in [6.07, 6.45) is 4.70. The zero-order chi connectivity index (χ0) is 14.9. The van der Waals surface area contributed by atoms with E-state index in [0.717, 1.165) is 17.1 Å². The van der Waals surface area contributed by atoms with Crippen molar-refractivity contribution in [3.63, 3.8) is 0 Å². The third kappa shape index (κ3) is 2.15. The van der Waals surface area contributed by atoms with Crippen LogP contribution in [0, 0.1) is 35.3 Å². The van der Waals surface area contributed by atoms with Crippen LogP contribution in [-0.2, 0) is 0 Å². The molecule has 0 bridgehead atoms. The Morgan fingerprint density at radius 3 is 2.75 bits per heavy atom. The number of hydrazine groups is 1. The van der Waals surface area contributed by atoms with Crippen molar-refractivity contribution in [3.8, 4) is 18.4 Å². The first-order valence-corrected chi connectivity index (χ1v) is 5.69. The van der Waals surface area contributed by atoms with Gasteiger partial charge in [-0.2, -0.15) is 5.26 Å². The third-order valence-corrected chi connectivity index (χ3v) is 2.88. The fraction of sp³-hybridized carbons (Fsp3) is 0.231. The topological polar surface area (TPSA) is 59.4 Å². The predicted molar refractivity (Wildman–Crippen MR) is 67.1 cm³/mol. The standard InChI is InChI=1S/C13H10F2N4O/c1-3-4-18-8(2)17-19(13(18)20)12-6-10(14)9(7-16)5-11(12)15/h1,5-6,8,17H,4H2,2H3. The zero-order valence-corrected chi connectivity index (χ0v) is 10.5. The van der Waals surface area contributed by atoms with Gasteiger partial charge in [-0.15, -0.1) is 6.42 Å². The summed E-state index contributed by atoms with van der Waals surface area (Å²) in [6.45, 7) is 1.71. The van der Waals surface area contributed by atoms with Gasteiger partial charge in [0.1, 0.15) is 23.4 Å². The summed E-state index contributed by atoms with van der Waals surface area (Å²) in [5.41, 5.74) is 1.97. The number of carbonyl (C=O) groups excluding carboxylic acids is 1. The molecule has 20 heavy (non-hydrogen) atoms. The lowest BCUT2D eigenvalue weighted by Crippen LogP contribution is -2.36. The second-order valence-corrected chi connectivity index (χ2v) is 4.15. The minimum Gasteiger partial charge on any atom is -0.295 e. The van der Waals surface area contributed by atoms with Crippen LogP contribution in [0.5, 0.6) is 0 Å². The zero-order valence-electron chi connectivity index (χ0n) is 10.5. The van der Waals surface area contributed by atoms with Gasteiger partial charge in [0.2, 0.25) is 0 Å². The maximum absolute atomic E-state index is 13.9. The molecule has 0 saturated carbocycles. The average Bonchev–Trinajstić information content (AvgIpc) is 2.69. The monoisotopic (exact) mass is 276 g/mol. The molecule has 0 aromatic heterocycles. The maximum Gasteiger partial charge on any atom is 0.341 e. The number of nitrogens with zero attached hydrogens (tertiary/aromatic N) is 3. The first-order valence-electron chi connectivity index (χ1n) is 5.69. The van der Waals surface area contributed by atoms with Crippen LogP contribution in [0.2, 0.25) is 0 Å². The summed E-state index contributed by atoms with van der Waals surface area (Å²) in [6, 6.07) is 2.48. The first-order chi connectivity index (χ1) is 9.49. The van der Waals surface area contributed by atoms with E-state index in [9.17, 15) is 13.6 Å². The molecule has 102 valence electrons. The number of anilines is 1. The number of carbonyl (C=O) groups is 1. The lowest BCUT2D eigenvalue weighted by Gasteiger charge is -2.16. The van der Waals surface area contributed by atoms with E-state index < -0.39 is 29.4 Å². The summed E-state index contributed by atoms with van der Waals surface area (Å²) in [7, 11) is 0. The number of hydrogen-bond acceptors (Lipinski definition) is 3. The molecule has 1 unspecified atom stereocenters. The fourth-order valence-electron chi connectivity index (χ4n) is 1.87. The van der Waals surface area contributed by atoms with Crippen molar-refractivity contribution in [2.75, 3.05) is 11.6 Å². The van der Waals surface area contributed by atoms with Crippen LogP contribution in [0.25, 0.3) is 0 Å². The highest BCUT2D eigenvalue weighted by atomic mass is 19.1. The second-order valence-electron chi connectivity index (χ2n) is 4.15. The number of halogens is 2. The van der Waals surface area contributed by atoms with E-state index in [1.165, 1.54) is 11.0 Å². The lowest BCUT2D eigenvalue weighted by molar-refractivity contribution is 0.214. The molecular weight excluding hydrogens is 266 g/mol. The molecule has 0 radical (unpaired) electrons. The van der Waals surface area contributed by atoms with Gasteiger partial charge in [0, 0.05) is 6.07 Å². The quantitative estimate of drug-likeness (QED) is 0.834. The summed E-state index contributed by atoms with van der Waals surface area (Å²) in [5.74, 6) is 0.537. The molecule has 0 aliphatic carbocycles. The molecular formula is C13H10F2N4O. The molecule has 1 aromatic carbocycles. The number of rotatable bonds is 2. The summed E-state index contributed by atoms with van der Waals surface area (Å²) >= 11 is 0. The highest BCUT2D eigenvalue weighted by molar-refractivity contribution is 5.93. The van der Waals surface area contributed by atoms with Crippen LogP contribution in [0.4, 0.5) is 19.3 Å². The Morgan fingerprint density at radius 2 is 2.15 bits per heavy atom. The molecule has 1 aliphatic rings. The molecule has 7 heteroatoms. The first kappa shape index (κ1) is 13.8. The minimum atomic E-state index is -0.901. The number of amides is 2. The number of nitrogens with one attached hydrogen (secondary N) is 1. The van der Waals surface area contributed by atoms with E-state index in [1.54, 1.807) is 6.92 Å². The molecule has 1 heterocycles. The van der Waals surface area contributed by atoms with Gasteiger partial charge in [-0.1, -0.05) is 5.92 Å². The van der Waals surface area contributed by atoms with E-state index in [2.05, 4.69) is 11.3 Å². The Hall–Kier alpha value is -2.64. The van der Waals surface area contributed by atoms with Crippen molar-refractivity contribution in [3.05, 3.63) is 29.3 Å². The predicted octanol–water partition coefficient (Wildman–Crippen LogP) is 1.56. The Morgan fingerprint density at radius 1 is 1.45 bits per heavy atom. The molecule has 1 aromatic rings. The maximum atomic E-state index is 13.9. The van der Waals surface area contributed by atoms with Crippen molar-refractivity contribution in [1.29, 1.82) is 5.26 Å². The molecule has 1 atom stereocenters. The van der Waals surface area contributed by atoms with E-state index in [0.29, 0.717) is 0 Å². The van der Waals surface area contributed by atoms with Gasteiger partial charge >= 0.3 is 6.03 Å². The van der Waals surface area contributed by atoms with Gasteiger partial charge in [-0.3, -0.25) is 4.90 Å². The number of benzene rings is 1. The van der Waals surface area contributed by atoms with Crippen molar-refractivity contribution in [2.24, 2.45) is 0 Å². The van der Waals surface area contributed by atoms with Crippen LogP contribution in [0.3, 0.4) is 0 Å². The second kappa shape index (κ2) is 5.16. The Bertz CT molecular complexity index is 647. The molecule has 0 spiro atoms. The largest absolute Gasteiger partial charge is 0.341 e. The highest BCUT2D eigenvalue weighted by Crippen LogP contribution is 2.26. The van der Waals surface area contributed by atoms with Gasteiger partial charge in [0.25, 0.3) is 0 Å². The number of nitriles is 1. The van der Waals surface area contributed by atoms with Crippen LogP contribution in [0.1, 0.15) is 12.5 Å². The Balaban J connectivity index is 2.39. The van der Waals surface area contributed by atoms with E-state index in [-0.39, 0.29) is 12.2 Å². The van der Waals surface area contributed by atoms with Crippen molar-refractivity contribution in [1.82, 2.24) is 10.3 Å². The highest BCUT2D eigenvalue weighted by Gasteiger charge is 2.36. The normalized spacial score (nSPS) is 18.1. The van der Waals surface area contributed by atoms with Crippen LogP contribution >= 0.6 is 0 Å². The summed E-state index contributed by atoms with van der Waals surface area (Å²) in [5, 5.41) is 9.50. The SMILES string of the molecule is C#CCN1C(=O)N(c2cc(F)c(C#N)cc2F)NC1C. The fourth-order valence-corrected chi connectivity index (χ4v) is 1.87. The van der Waals surface area contributed by atoms with Crippen molar-refractivity contribution in [2.45, 2.75) is 13.1 Å². The molecule has 1 aliphatic heterocycles. The van der Waals surface area contributed by atoms with Gasteiger partial charge in [-0.25, -0.2) is 24.0 Å². The molecule has 5 nitrogen and oxygen atoms in total. The summed E-state index contributed by atoms with van der Waals surface area (Å²) in [4.78, 5) is 13.4. The molecule has 1 N–H and O–H groups in total. The van der Waals surface area contributed by atoms with E-state index >= 15 is 0 Å². The average molecular weight is 276 g/mol. The van der Waals surface area contributed by atoms with Crippen molar-refractivity contribution >= 4 is 11.7 Å². The summed E-state index contributed by atoms with van der Waals surface area (Å²) < 4.78 is 27.4. The van der Waals surface area contributed by atoms with Gasteiger partial charge < -0.3 is 0 Å². The Labute approximate surface area is 114 Å². The van der Waals surface area contributed by atoms with Crippen LogP contribution < -0.4 is 10.4 Å². The minimum absolute atomic E-state index is 0.0455. The number of hydrogen-bond donors (Lipinski definition) is 1. The number of urea groups is 1. The van der Waals surface area contributed by atoms with Crippen LogP contribution in [0.15, 0.2) is 12.1 Å². The number of terminal acetylenes is 1. The van der Waals surface area contributed by atoms with Crippen LogP contribution in [-0.4, -0.2) is 23.6 Å². The molecule has 1 fully saturated rings. The van der Waals surface area contributed by atoms with Crippen molar-refractivity contribution < 1.29 is 13.6 Å². The van der Waals surface area contributed by atoms with E-state index in [1.807, 2.05) is 0 Å². The Kier molecular flexibility index (Phi) is 3.55. The lowest BCUT2D eigenvalue weighted by atomic mass is 10.2. The third-order valence-electron chi connectivity index (χ3n) is 2.88. The van der Waals surface area contributed by atoms with Gasteiger partial charge in [0.05, 0.1) is 18.3 Å². The van der Waals surface area contributed by atoms with Gasteiger partial charge in [0.15, 0.2) is 0 Å². The molecule has 2 amide bonds. The molecule has 1 saturated heterocycles. The van der Waals surface area contributed by atoms with E-state index in [4.69, 9.17) is 11.7 Å². The van der Waals surface area contributed by atoms with Gasteiger partial charge in [-0.05, 0) is 13.0 Å². The smallest absolute Gasteiger partial charge is 0.295 e.